The lowest BCUT2D eigenvalue weighted by Gasteiger charge is -2.14. The van der Waals surface area contributed by atoms with Crippen molar-refractivity contribution in [2.75, 3.05) is 18.7 Å². The van der Waals surface area contributed by atoms with Gasteiger partial charge in [-0.15, -0.1) is 0 Å². The lowest BCUT2D eigenvalue weighted by atomic mass is 10.2. The second kappa shape index (κ2) is 8.14. The number of nitrogens with one attached hydrogen (secondary N) is 1. The van der Waals surface area contributed by atoms with E-state index in [0.29, 0.717) is 26.4 Å². The van der Waals surface area contributed by atoms with Crippen molar-refractivity contribution in [3.63, 3.8) is 0 Å². The van der Waals surface area contributed by atoms with E-state index < -0.39 is 0 Å². The van der Waals surface area contributed by atoms with Gasteiger partial charge in [-0.05, 0) is 35.9 Å². The monoisotopic (exact) mass is 428 g/mol. The summed E-state index contributed by atoms with van der Waals surface area (Å²) in [4.78, 5) is 26.8. The van der Waals surface area contributed by atoms with Gasteiger partial charge in [-0.1, -0.05) is 42.2 Å². The standard InChI is InChI=1S/C20H16N2O5S2/c23-14-4-2-1-3-13(14)21-18(24)7-8-22-19(25)17(29-20(22)28)10-12-5-6-15-16(9-12)27-11-26-15/h1-6,9-10,23H,7-8,11H2,(H,21,24). The Morgan fingerprint density at radius 1 is 1.24 bits per heavy atom. The average molecular weight is 428 g/mol. The van der Waals surface area contributed by atoms with Crippen LogP contribution in [-0.2, 0) is 9.59 Å². The summed E-state index contributed by atoms with van der Waals surface area (Å²) in [6, 6.07) is 11.9. The molecule has 0 aromatic heterocycles. The number of hydrogen-bond acceptors (Lipinski definition) is 7. The number of phenols is 1. The average Bonchev–Trinajstić information content (AvgIpc) is 3.26. The van der Waals surface area contributed by atoms with Crippen LogP contribution < -0.4 is 14.8 Å². The van der Waals surface area contributed by atoms with Crippen molar-refractivity contribution in [3.05, 3.63) is 52.9 Å². The molecule has 2 aromatic rings. The Balaban J connectivity index is 1.39. The van der Waals surface area contributed by atoms with Crippen molar-refractivity contribution < 1.29 is 24.2 Å². The number of thiocarbonyl (C=S) groups is 1. The number of para-hydroxylation sites is 2. The fourth-order valence-corrected chi connectivity index (χ4v) is 4.16. The first kappa shape index (κ1) is 19.3. The van der Waals surface area contributed by atoms with Crippen molar-refractivity contribution in [2.24, 2.45) is 0 Å². The minimum Gasteiger partial charge on any atom is -0.506 e. The van der Waals surface area contributed by atoms with E-state index in [0.717, 1.165) is 5.56 Å². The molecule has 1 fully saturated rings. The Morgan fingerprint density at radius 3 is 2.86 bits per heavy atom. The first-order valence-corrected chi connectivity index (χ1v) is 9.96. The van der Waals surface area contributed by atoms with Crippen LogP contribution >= 0.6 is 24.0 Å². The Kier molecular flexibility index (Phi) is 5.41. The van der Waals surface area contributed by atoms with Crippen molar-refractivity contribution >= 4 is 51.9 Å². The van der Waals surface area contributed by atoms with E-state index in [4.69, 9.17) is 21.7 Å². The number of hydrogen-bond donors (Lipinski definition) is 2. The molecule has 0 radical (unpaired) electrons. The molecule has 0 spiro atoms. The SMILES string of the molecule is O=C(CCN1C(=O)C(=Cc2ccc3c(c2)OCO3)SC1=S)Nc1ccccc1O. The van der Waals surface area contributed by atoms with Gasteiger partial charge in [0.05, 0.1) is 10.6 Å². The molecule has 2 aliphatic rings. The molecule has 0 aliphatic carbocycles. The molecule has 148 valence electrons. The summed E-state index contributed by atoms with van der Waals surface area (Å²) in [7, 11) is 0. The zero-order chi connectivity index (χ0) is 20.4. The zero-order valence-electron chi connectivity index (χ0n) is 15.1. The molecular formula is C20H16N2O5S2. The van der Waals surface area contributed by atoms with Gasteiger partial charge >= 0.3 is 0 Å². The summed E-state index contributed by atoms with van der Waals surface area (Å²) in [5, 5.41) is 12.4. The second-order valence-electron chi connectivity index (χ2n) is 6.26. The molecule has 0 atom stereocenters. The third kappa shape index (κ3) is 4.20. The van der Waals surface area contributed by atoms with Crippen LogP contribution in [0.2, 0.25) is 0 Å². The van der Waals surface area contributed by atoms with Gasteiger partial charge in [0.25, 0.3) is 5.91 Å². The maximum Gasteiger partial charge on any atom is 0.266 e. The number of phenolic OH excluding ortho intramolecular Hbond substituents is 1. The van der Waals surface area contributed by atoms with Crippen molar-refractivity contribution in [3.8, 4) is 17.2 Å². The Hall–Kier alpha value is -3.04. The van der Waals surface area contributed by atoms with Crippen molar-refractivity contribution in [1.82, 2.24) is 4.90 Å². The normalized spacial score (nSPS) is 16.6. The minimum atomic E-state index is -0.319. The number of benzene rings is 2. The van der Waals surface area contributed by atoms with Gasteiger partial charge in [-0.3, -0.25) is 14.5 Å². The Bertz CT molecular complexity index is 1040. The Labute approximate surface area is 176 Å². The van der Waals surface area contributed by atoms with Crippen molar-refractivity contribution in [2.45, 2.75) is 6.42 Å². The van der Waals surface area contributed by atoms with E-state index in [9.17, 15) is 14.7 Å². The number of anilines is 1. The van der Waals surface area contributed by atoms with Gasteiger partial charge in [-0.2, -0.15) is 0 Å². The largest absolute Gasteiger partial charge is 0.506 e. The molecule has 2 aliphatic heterocycles. The molecular weight excluding hydrogens is 412 g/mol. The van der Waals surface area contributed by atoms with Crippen LogP contribution in [0.15, 0.2) is 47.4 Å². The van der Waals surface area contributed by atoms with Crippen LogP contribution in [0.1, 0.15) is 12.0 Å². The maximum atomic E-state index is 12.7. The number of amides is 2. The molecule has 2 amide bonds. The highest BCUT2D eigenvalue weighted by molar-refractivity contribution is 8.26. The molecule has 7 nitrogen and oxygen atoms in total. The van der Waals surface area contributed by atoms with Crippen LogP contribution in [0.4, 0.5) is 5.69 Å². The molecule has 1 saturated heterocycles. The fraction of sp³-hybridized carbons (Fsp3) is 0.150. The summed E-state index contributed by atoms with van der Waals surface area (Å²) in [6.07, 6.45) is 1.79. The van der Waals surface area contributed by atoms with E-state index in [-0.39, 0.29) is 37.3 Å². The highest BCUT2D eigenvalue weighted by Gasteiger charge is 2.32. The van der Waals surface area contributed by atoms with Crippen LogP contribution in [0.3, 0.4) is 0 Å². The van der Waals surface area contributed by atoms with Gasteiger partial charge in [-0.25, -0.2) is 0 Å². The second-order valence-corrected chi connectivity index (χ2v) is 7.94. The molecule has 0 bridgehead atoms. The van der Waals surface area contributed by atoms with Gasteiger partial charge in [0.2, 0.25) is 12.7 Å². The number of rotatable bonds is 5. The summed E-state index contributed by atoms with van der Waals surface area (Å²) >= 11 is 6.50. The Morgan fingerprint density at radius 2 is 2.03 bits per heavy atom. The first-order chi connectivity index (χ1) is 14.0. The lowest BCUT2D eigenvalue weighted by molar-refractivity contribution is -0.122. The summed E-state index contributed by atoms with van der Waals surface area (Å²) in [6.45, 7) is 0.340. The minimum absolute atomic E-state index is 0.0156. The van der Waals surface area contributed by atoms with Gasteiger partial charge in [0, 0.05) is 13.0 Å². The van der Waals surface area contributed by atoms with Crippen LogP contribution in [0.5, 0.6) is 17.2 Å². The molecule has 4 rings (SSSR count). The third-order valence-electron chi connectivity index (χ3n) is 4.31. The molecule has 0 unspecified atom stereocenters. The molecule has 0 saturated carbocycles. The van der Waals surface area contributed by atoms with Crippen LogP contribution in [0.25, 0.3) is 6.08 Å². The first-order valence-electron chi connectivity index (χ1n) is 8.74. The van der Waals surface area contributed by atoms with Crippen molar-refractivity contribution in [1.29, 1.82) is 0 Å². The maximum absolute atomic E-state index is 12.7. The van der Waals surface area contributed by atoms with Crippen LogP contribution in [-0.4, -0.2) is 39.5 Å². The number of aromatic hydroxyl groups is 1. The van der Waals surface area contributed by atoms with E-state index >= 15 is 0 Å². The quantitative estimate of drug-likeness (QED) is 0.429. The lowest BCUT2D eigenvalue weighted by Crippen LogP contribution is -2.31. The van der Waals surface area contributed by atoms with Gasteiger partial charge in [0.1, 0.15) is 10.1 Å². The molecule has 2 heterocycles. The van der Waals surface area contributed by atoms with E-state index in [2.05, 4.69) is 5.32 Å². The molecule has 2 N–H and O–H groups in total. The van der Waals surface area contributed by atoms with Gasteiger partial charge in [0.15, 0.2) is 11.5 Å². The number of carbonyl (C=O) groups is 2. The summed E-state index contributed by atoms with van der Waals surface area (Å²) in [5.41, 5.74) is 1.12. The number of ether oxygens (including phenoxy) is 2. The molecule has 29 heavy (non-hydrogen) atoms. The van der Waals surface area contributed by atoms with E-state index in [1.807, 2.05) is 6.07 Å². The highest BCUT2D eigenvalue weighted by atomic mass is 32.2. The van der Waals surface area contributed by atoms with E-state index in [1.165, 1.54) is 22.7 Å². The van der Waals surface area contributed by atoms with E-state index in [1.54, 1.807) is 36.4 Å². The predicted octanol–water partition coefficient (Wildman–Crippen LogP) is 3.35. The van der Waals surface area contributed by atoms with Gasteiger partial charge < -0.3 is 19.9 Å². The molecule has 9 heteroatoms. The molecule has 2 aromatic carbocycles. The number of carbonyl (C=O) groups excluding carboxylic acids is 2. The third-order valence-corrected chi connectivity index (χ3v) is 5.69. The number of fused-ring (bicyclic) bond motifs is 1. The smallest absolute Gasteiger partial charge is 0.266 e. The topological polar surface area (TPSA) is 88.1 Å². The number of thioether (sulfide) groups is 1. The predicted molar refractivity (Wildman–Crippen MR) is 114 cm³/mol. The summed E-state index contributed by atoms with van der Waals surface area (Å²) in [5.74, 6) is 0.728. The fourth-order valence-electron chi connectivity index (χ4n) is 2.85. The zero-order valence-corrected chi connectivity index (χ0v) is 16.7. The highest BCUT2D eigenvalue weighted by Crippen LogP contribution is 2.36. The van der Waals surface area contributed by atoms with Crippen LogP contribution in [0, 0.1) is 0 Å². The summed E-state index contributed by atoms with van der Waals surface area (Å²) < 4.78 is 11.0. The number of nitrogens with zero attached hydrogens (tertiary/aromatic N) is 1.